The predicted octanol–water partition coefficient (Wildman–Crippen LogP) is 2.95. The van der Waals surface area contributed by atoms with Crippen molar-refractivity contribution < 1.29 is 4.74 Å². The van der Waals surface area contributed by atoms with E-state index in [1.54, 1.807) is 13.3 Å². The van der Waals surface area contributed by atoms with Crippen LogP contribution in [0.3, 0.4) is 0 Å². The number of hydrogen-bond acceptors (Lipinski definition) is 3. The molecule has 0 fully saturated rings. The maximum atomic E-state index is 6.32. The molecule has 19 heavy (non-hydrogen) atoms. The van der Waals surface area contributed by atoms with Crippen molar-refractivity contribution in [2.45, 2.75) is 26.3 Å². The van der Waals surface area contributed by atoms with Crippen molar-refractivity contribution in [1.29, 1.82) is 0 Å². The average Bonchev–Trinajstić information content (AvgIpc) is 2.42. The van der Waals surface area contributed by atoms with Gasteiger partial charge in [-0.2, -0.15) is 0 Å². The number of ether oxygens (including phenoxy) is 1. The van der Waals surface area contributed by atoms with Crippen molar-refractivity contribution in [1.82, 2.24) is 4.98 Å². The Morgan fingerprint density at radius 1 is 1.26 bits per heavy atom. The summed E-state index contributed by atoms with van der Waals surface area (Å²) in [6.07, 6.45) is 4.43. The molecule has 1 aromatic carbocycles. The van der Waals surface area contributed by atoms with Crippen molar-refractivity contribution in [2.75, 3.05) is 7.11 Å². The molecule has 1 heterocycles. The fourth-order valence-corrected chi connectivity index (χ4v) is 2.31. The lowest BCUT2D eigenvalue weighted by molar-refractivity contribution is 0.411. The number of methoxy groups -OCH3 is 1. The van der Waals surface area contributed by atoms with Crippen molar-refractivity contribution in [2.24, 2.45) is 5.73 Å². The number of aryl methyl sites for hydroxylation is 2. The second kappa shape index (κ2) is 5.85. The van der Waals surface area contributed by atoms with Gasteiger partial charge in [0.05, 0.1) is 7.11 Å². The fourth-order valence-electron chi connectivity index (χ4n) is 2.31. The summed E-state index contributed by atoms with van der Waals surface area (Å²) in [4.78, 5) is 4.12. The molecule has 0 aliphatic rings. The highest BCUT2D eigenvalue weighted by Gasteiger charge is 2.12. The van der Waals surface area contributed by atoms with Gasteiger partial charge in [-0.25, -0.2) is 0 Å². The number of hydrogen-bond donors (Lipinski definition) is 1. The van der Waals surface area contributed by atoms with Gasteiger partial charge in [0.1, 0.15) is 5.75 Å². The Labute approximate surface area is 114 Å². The first kappa shape index (κ1) is 13.6. The van der Waals surface area contributed by atoms with E-state index in [0.717, 1.165) is 23.3 Å². The number of rotatable bonds is 4. The highest BCUT2D eigenvalue weighted by atomic mass is 16.5. The van der Waals surface area contributed by atoms with Crippen LogP contribution in [-0.4, -0.2) is 12.1 Å². The van der Waals surface area contributed by atoms with E-state index in [9.17, 15) is 0 Å². The van der Waals surface area contributed by atoms with E-state index in [2.05, 4.69) is 24.0 Å². The lowest BCUT2D eigenvalue weighted by Gasteiger charge is -2.17. The zero-order chi connectivity index (χ0) is 13.8. The Bertz CT molecular complexity index is 552. The maximum absolute atomic E-state index is 6.32. The van der Waals surface area contributed by atoms with E-state index in [1.165, 1.54) is 11.1 Å². The predicted molar refractivity (Wildman–Crippen MR) is 77.3 cm³/mol. The monoisotopic (exact) mass is 256 g/mol. The van der Waals surface area contributed by atoms with Gasteiger partial charge in [0.25, 0.3) is 0 Å². The number of aromatic nitrogens is 1. The van der Waals surface area contributed by atoms with Gasteiger partial charge in [-0.15, -0.1) is 0 Å². The van der Waals surface area contributed by atoms with E-state index >= 15 is 0 Å². The summed E-state index contributed by atoms with van der Waals surface area (Å²) in [7, 11) is 1.69. The van der Waals surface area contributed by atoms with Crippen LogP contribution in [-0.2, 0) is 6.42 Å². The zero-order valence-corrected chi connectivity index (χ0v) is 11.7. The van der Waals surface area contributed by atoms with Crippen LogP contribution in [0.15, 0.2) is 36.7 Å². The van der Waals surface area contributed by atoms with Gasteiger partial charge < -0.3 is 10.5 Å². The lowest BCUT2D eigenvalue weighted by atomic mass is 9.95. The molecule has 3 nitrogen and oxygen atoms in total. The third-order valence-corrected chi connectivity index (χ3v) is 3.36. The Balaban J connectivity index is 2.24. The second-order valence-corrected chi connectivity index (χ2v) is 4.85. The van der Waals surface area contributed by atoms with Crippen molar-refractivity contribution in [3.05, 3.63) is 58.9 Å². The largest absolute Gasteiger partial charge is 0.496 e. The molecule has 3 heteroatoms. The topological polar surface area (TPSA) is 48.1 Å². The summed E-state index contributed by atoms with van der Waals surface area (Å²) in [6, 6.07) is 8.14. The van der Waals surface area contributed by atoms with E-state index in [1.807, 2.05) is 25.3 Å². The molecule has 0 aliphatic carbocycles. The minimum absolute atomic E-state index is 0.0196. The van der Waals surface area contributed by atoms with Crippen LogP contribution >= 0.6 is 0 Å². The number of pyridine rings is 1. The normalized spacial score (nSPS) is 12.2. The molecule has 0 aliphatic heterocycles. The Kier molecular flexibility index (Phi) is 4.17. The summed E-state index contributed by atoms with van der Waals surface area (Å²) in [5.74, 6) is 0.912. The number of nitrogens with zero attached hydrogens (tertiary/aromatic N) is 1. The van der Waals surface area contributed by atoms with Crippen molar-refractivity contribution in [3.63, 3.8) is 0 Å². The van der Waals surface area contributed by atoms with Crippen LogP contribution in [0.5, 0.6) is 5.75 Å². The first-order valence-corrected chi connectivity index (χ1v) is 6.41. The molecular weight excluding hydrogens is 236 g/mol. The van der Waals surface area contributed by atoms with E-state index in [-0.39, 0.29) is 6.04 Å². The van der Waals surface area contributed by atoms with Crippen LogP contribution in [0, 0.1) is 13.8 Å². The van der Waals surface area contributed by atoms with Crippen LogP contribution in [0.2, 0.25) is 0 Å². The highest BCUT2D eigenvalue weighted by molar-refractivity contribution is 5.43. The summed E-state index contributed by atoms with van der Waals surface area (Å²) < 4.78 is 5.33. The lowest BCUT2D eigenvalue weighted by Crippen LogP contribution is -2.15. The molecule has 2 aromatic rings. The standard InChI is InChI=1S/C16H20N2O/c1-11-8-16(19-3)12(2)7-14(11)15(17)9-13-5-4-6-18-10-13/h4-8,10,15H,9,17H2,1-3H3. The van der Waals surface area contributed by atoms with E-state index < -0.39 is 0 Å². The number of nitrogens with two attached hydrogens (primary N) is 1. The molecule has 0 spiro atoms. The van der Waals surface area contributed by atoms with E-state index in [4.69, 9.17) is 10.5 Å². The molecular formula is C16H20N2O. The maximum Gasteiger partial charge on any atom is 0.122 e. The van der Waals surface area contributed by atoms with Gasteiger partial charge in [-0.05, 0) is 54.7 Å². The smallest absolute Gasteiger partial charge is 0.122 e. The van der Waals surface area contributed by atoms with Gasteiger partial charge in [-0.3, -0.25) is 4.98 Å². The molecule has 1 unspecified atom stereocenters. The molecule has 0 radical (unpaired) electrons. The molecule has 1 atom stereocenters. The van der Waals surface area contributed by atoms with E-state index in [0.29, 0.717) is 0 Å². The van der Waals surface area contributed by atoms with Crippen LogP contribution < -0.4 is 10.5 Å². The van der Waals surface area contributed by atoms with Crippen LogP contribution in [0.4, 0.5) is 0 Å². The van der Waals surface area contributed by atoms with Crippen molar-refractivity contribution in [3.8, 4) is 5.75 Å². The summed E-state index contributed by atoms with van der Waals surface area (Å²) in [6.45, 7) is 4.11. The first-order valence-electron chi connectivity index (χ1n) is 6.41. The van der Waals surface area contributed by atoms with Crippen molar-refractivity contribution >= 4 is 0 Å². The average molecular weight is 256 g/mol. The third-order valence-electron chi connectivity index (χ3n) is 3.36. The molecule has 100 valence electrons. The fraction of sp³-hybridized carbons (Fsp3) is 0.312. The summed E-state index contributed by atoms with van der Waals surface area (Å²) >= 11 is 0. The summed E-state index contributed by atoms with van der Waals surface area (Å²) in [5.41, 5.74) is 10.9. The Morgan fingerprint density at radius 2 is 2.05 bits per heavy atom. The number of benzene rings is 1. The molecule has 0 saturated heterocycles. The molecule has 0 bridgehead atoms. The van der Waals surface area contributed by atoms with Crippen LogP contribution in [0.25, 0.3) is 0 Å². The SMILES string of the molecule is COc1cc(C)c(C(N)Cc2cccnc2)cc1C. The minimum Gasteiger partial charge on any atom is -0.496 e. The minimum atomic E-state index is -0.0196. The quantitative estimate of drug-likeness (QED) is 0.915. The van der Waals surface area contributed by atoms with Crippen LogP contribution in [0.1, 0.15) is 28.3 Å². The first-order chi connectivity index (χ1) is 9.11. The second-order valence-electron chi connectivity index (χ2n) is 4.85. The van der Waals surface area contributed by atoms with Gasteiger partial charge in [0.15, 0.2) is 0 Å². The molecule has 1 aromatic heterocycles. The van der Waals surface area contributed by atoms with Gasteiger partial charge >= 0.3 is 0 Å². The third kappa shape index (κ3) is 3.12. The Morgan fingerprint density at radius 3 is 2.68 bits per heavy atom. The molecule has 0 saturated carbocycles. The van der Waals surface area contributed by atoms with Gasteiger partial charge in [0, 0.05) is 18.4 Å². The Hall–Kier alpha value is -1.87. The molecule has 2 rings (SSSR count). The molecule has 0 amide bonds. The molecule has 2 N–H and O–H groups in total. The highest BCUT2D eigenvalue weighted by Crippen LogP contribution is 2.27. The zero-order valence-electron chi connectivity index (χ0n) is 11.7. The van der Waals surface area contributed by atoms with Gasteiger partial charge in [0.2, 0.25) is 0 Å². The summed E-state index contributed by atoms with van der Waals surface area (Å²) in [5, 5.41) is 0. The van der Waals surface area contributed by atoms with Gasteiger partial charge in [-0.1, -0.05) is 12.1 Å².